The van der Waals surface area contributed by atoms with Crippen molar-refractivity contribution in [3.05, 3.63) is 52.3 Å². The maximum Gasteiger partial charge on any atom is 0.274 e. The molecule has 1 fully saturated rings. The Balaban J connectivity index is 1.90. The van der Waals surface area contributed by atoms with Crippen LogP contribution in [0.15, 0.2) is 36.7 Å². The minimum absolute atomic E-state index is 0.00810. The number of nitro groups is 1. The topological polar surface area (TPSA) is 102 Å². The van der Waals surface area contributed by atoms with Crippen LogP contribution in [0.2, 0.25) is 0 Å². The molecule has 1 aliphatic rings. The molecule has 8 heteroatoms. The van der Waals surface area contributed by atoms with Gasteiger partial charge in [-0.15, -0.1) is 0 Å². The van der Waals surface area contributed by atoms with Crippen LogP contribution in [0.5, 0.6) is 0 Å². The van der Waals surface area contributed by atoms with Crippen LogP contribution < -0.4 is 10.6 Å². The zero-order valence-corrected chi connectivity index (χ0v) is 13.4. The van der Waals surface area contributed by atoms with Crippen LogP contribution in [-0.4, -0.2) is 33.7 Å². The van der Waals surface area contributed by atoms with Gasteiger partial charge in [-0.05, 0) is 45.0 Å². The number of carbonyl (C=O) groups excluding carboxylic acids is 1. The van der Waals surface area contributed by atoms with Crippen molar-refractivity contribution in [2.45, 2.75) is 25.3 Å². The number of nitrogens with one attached hydrogen (secondary N) is 2. The number of piperidine rings is 1. The number of amides is 1. The van der Waals surface area contributed by atoms with E-state index in [-0.39, 0.29) is 11.6 Å². The van der Waals surface area contributed by atoms with Crippen molar-refractivity contribution in [1.82, 2.24) is 15.1 Å². The van der Waals surface area contributed by atoms with E-state index in [4.69, 9.17) is 0 Å². The summed E-state index contributed by atoms with van der Waals surface area (Å²) in [4.78, 5) is 23.6. The summed E-state index contributed by atoms with van der Waals surface area (Å²) in [6.07, 6.45) is 4.64. The van der Waals surface area contributed by atoms with E-state index >= 15 is 0 Å². The van der Waals surface area contributed by atoms with Crippen molar-refractivity contribution in [3.8, 4) is 0 Å². The molecule has 1 aliphatic heterocycles. The van der Waals surface area contributed by atoms with E-state index in [2.05, 4.69) is 15.7 Å². The van der Waals surface area contributed by atoms with Gasteiger partial charge in [-0.2, -0.15) is 5.10 Å². The molecule has 0 spiro atoms. The smallest absolute Gasteiger partial charge is 0.274 e. The number of nitro benzene ring substituents is 1. The first-order chi connectivity index (χ1) is 11.5. The lowest BCUT2D eigenvalue weighted by molar-refractivity contribution is -0.385. The fourth-order valence-electron chi connectivity index (χ4n) is 3.05. The summed E-state index contributed by atoms with van der Waals surface area (Å²) in [7, 11) is 0. The monoisotopic (exact) mass is 329 g/mol. The maximum absolute atomic E-state index is 13.0. The largest absolute Gasteiger partial charge is 0.324 e. The zero-order valence-electron chi connectivity index (χ0n) is 13.4. The lowest BCUT2D eigenvalue weighted by Gasteiger charge is -2.36. The molecule has 0 radical (unpaired) electrons. The Labute approximate surface area is 139 Å². The van der Waals surface area contributed by atoms with Gasteiger partial charge in [-0.1, -0.05) is 6.07 Å². The third-order valence-corrected chi connectivity index (χ3v) is 4.46. The van der Waals surface area contributed by atoms with Crippen molar-refractivity contribution >= 4 is 17.3 Å². The van der Waals surface area contributed by atoms with Gasteiger partial charge in [-0.3, -0.25) is 19.6 Å². The van der Waals surface area contributed by atoms with Crippen molar-refractivity contribution in [1.29, 1.82) is 0 Å². The Hall–Kier alpha value is -2.74. The SMILES string of the molecule is Cc1ccc(NC(=O)C2(n3cccn3)CCNCC2)cc1[N+](=O)[O-]. The van der Waals surface area contributed by atoms with Crippen molar-refractivity contribution in [2.75, 3.05) is 18.4 Å². The summed E-state index contributed by atoms with van der Waals surface area (Å²) >= 11 is 0. The molecular weight excluding hydrogens is 310 g/mol. The van der Waals surface area contributed by atoms with Crippen molar-refractivity contribution < 1.29 is 9.72 Å². The first-order valence-corrected chi connectivity index (χ1v) is 7.80. The van der Waals surface area contributed by atoms with Gasteiger partial charge in [0, 0.05) is 29.7 Å². The molecular formula is C16H19N5O3. The van der Waals surface area contributed by atoms with Gasteiger partial charge in [0.05, 0.1) is 4.92 Å². The van der Waals surface area contributed by atoms with Crippen LogP contribution in [0.25, 0.3) is 0 Å². The van der Waals surface area contributed by atoms with Crippen LogP contribution in [0.4, 0.5) is 11.4 Å². The number of aryl methyl sites for hydroxylation is 1. The normalized spacial score (nSPS) is 16.5. The minimum Gasteiger partial charge on any atom is -0.324 e. The third kappa shape index (κ3) is 2.88. The van der Waals surface area contributed by atoms with Crippen molar-refractivity contribution in [3.63, 3.8) is 0 Å². The van der Waals surface area contributed by atoms with E-state index in [1.807, 2.05) is 0 Å². The molecule has 1 aromatic heterocycles. The van der Waals surface area contributed by atoms with E-state index < -0.39 is 10.5 Å². The molecule has 0 aliphatic carbocycles. The van der Waals surface area contributed by atoms with Gasteiger partial charge in [-0.25, -0.2) is 0 Å². The van der Waals surface area contributed by atoms with Gasteiger partial charge in [0.1, 0.15) is 5.54 Å². The van der Waals surface area contributed by atoms with Gasteiger partial charge in [0.15, 0.2) is 0 Å². The highest BCUT2D eigenvalue weighted by molar-refractivity contribution is 5.97. The standard InChI is InChI=1S/C16H19N5O3/c1-12-3-4-13(11-14(12)21(23)24)19-15(22)16(5-8-17-9-6-16)20-10-2-7-18-20/h2-4,7,10-11,17H,5-6,8-9H2,1H3,(H,19,22). The molecule has 1 amide bonds. The second-order valence-electron chi connectivity index (χ2n) is 5.94. The summed E-state index contributed by atoms with van der Waals surface area (Å²) in [5, 5.41) is 21.4. The predicted molar refractivity (Wildman–Crippen MR) is 88.8 cm³/mol. The fraction of sp³-hybridized carbons (Fsp3) is 0.375. The second kappa shape index (κ2) is 6.40. The van der Waals surface area contributed by atoms with E-state index in [1.165, 1.54) is 6.07 Å². The highest BCUT2D eigenvalue weighted by Crippen LogP contribution is 2.30. The summed E-state index contributed by atoms with van der Waals surface area (Å²) in [6, 6.07) is 6.49. The van der Waals surface area contributed by atoms with Crippen LogP contribution in [-0.2, 0) is 10.3 Å². The number of anilines is 1. The molecule has 1 saturated heterocycles. The first-order valence-electron chi connectivity index (χ1n) is 7.80. The third-order valence-electron chi connectivity index (χ3n) is 4.46. The highest BCUT2D eigenvalue weighted by Gasteiger charge is 2.42. The van der Waals surface area contributed by atoms with E-state index in [1.54, 1.807) is 42.2 Å². The molecule has 0 atom stereocenters. The number of hydrogen-bond acceptors (Lipinski definition) is 5. The van der Waals surface area contributed by atoms with Crippen LogP contribution in [0.3, 0.4) is 0 Å². The molecule has 24 heavy (non-hydrogen) atoms. The van der Waals surface area contributed by atoms with Crippen LogP contribution in [0.1, 0.15) is 18.4 Å². The molecule has 2 N–H and O–H groups in total. The summed E-state index contributed by atoms with van der Waals surface area (Å²) in [5.41, 5.74) is 0.185. The number of aromatic nitrogens is 2. The molecule has 2 aromatic rings. The van der Waals surface area contributed by atoms with Crippen molar-refractivity contribution in [2.24, 2.45) is 0 Å². The van der Waals surface area contributed by atoms with Gasteiger partial charge in [0.25, 0.3) is 11.6 Å². The zero-order chi connectivity index (χ0) is 17.2. The summed E-state index contributed by atoms with van der Waals surface area (Å²) < 4.78 is 1.69. The Kier molecular flexibility index (Phi) is 4.30. The quantitative estimate of drug-likeness (QED) is 0.658. The Morgan fingerprint density at radius 2 is 2.17 bits per heavy atom. The fourth-order valence-corrected chi connectivity index (χ4v) is 3.05. The van der Waals surface area contributed by atoms with E-state index in [0.29, 0.717) is 37.2 Å². The minimum atomic E-state index is -0.783. The van der Waals surface area contributed by atoms with Crippen LogP contribution in [0, 0.1) is 17.0 Å². The Bertz CT molecular complexity index is 751. The van der Waals surface area contributed by atoms with E-state index in [0.717, 1.165) is 0 Å². The average molecular weight is 329 g/mol. The number of carbonyl (C=O) groups is 1. The lowest BCUT2D eigenvalue weighted by atomic mass is 9.87. The number of nitrogens with zero attached hydrogens (tertiary/aromatic N) is 3. The molecule has 0 saturated carbocycles. The first kappa shape index (κ1) is 16.1. The van der Waals surface area contributed by atoms with Gasteiger partial charge < -0.3 is 10.6 Å². The summed E-state index contributed by atoms with van der Waals surface area (Å²) in [6.45, 7) is 3.09. The highest BCUT2D eigenvalue weighted by atomic mass is 16.6. The molecule has 2 heterocycles. The lowest BCUT2D eigenvalue weighted by Crippen LogP contribution is -2.52. The number of benzene rings is 1. The second-order valence-corrected chi connectivity index (χ2v) is 5.94. The Morgan fingerprint density at radius 1 is 1.42 bits per heavy atom. The molecule has 8 nitrogen and oxygen atoms in total. The molecule has 1 aromatic carbocycles. The Morgan fingerprint density at radius 3 is 2.79 bits per heavy atom. The molecule has 0 bridgehead atoms. The maximum atomic E-state index is 13.0. The van der Waals surface area contributed by atoms with E-state index in [9.17, 15) is 14.9 Å². The predicted octanol–water partition coefficient (Wildman–Crippen LogP) is 1.82. The summed E-state index contributed by atoms with van der Waals surface area (Å²) in [5.74, 6) is -0.203. The number of rotatable bonds is 4. The number of hydrogen-bond donors (Lipinski definition) is 2. The molecule has 3 rings (SSSR count). The van der Waals surface area contributed by atoms with Gasteiger partial charge in [0.2, 0.25) is 0 Å². The van der Waals surface area contributed by atoms with Crippen LogP contribution >= 0.6 is 0 Å². The average Bonchev–Trinajstić information content (AvgIpc) is 3.12. The van der Waals surface area contributed by atoms with Gasteiger partial charge >= 0.3 is 0 Å². The molecule has 0 unspecified atom stereocenters. The molecule has 126 valence electrons.